The first kappa shape index (κ1) is 13.5. The summed E-state index contributed by atoms with van der Waals surface area (Å²) in [5.74, 6) is 0. The molecule has 1 aliphatic heterocycles. The third-order valence-electron chi connectivity index (χ3n) is 3.89. The Balaban J connectivity index is 2.21. The Kier molecular flexibility index (Phi) is 4.37. The average molecular weight is 251 g/mol. The quantitative estimate of drug-likeness (QED) is 0.836. The number of likely N-dealkylation sites (N-methyl/N-ethyl adjacent to an activating group) is 3. The molecule has 2 atom stereocenters. The van der Waals surface area contributed by atoms with E-state index in [2.05, 4.69) is 47.3 Å². The van der Waals surface area contributed by atoms with E-state index in [0.29, 0.717) is 12.1 Å². The maximum absolute atomic E-state index is 4.30. The molecule has 1 aromatic heterocycles. The first-order valence-electron chi connectivity index (χ1n) is 6.73. The van der Waals surface area contributed by atoms with Crippen LogP contribution in [0.2, 0.25) is 0 Å². The molecule has 0 spiro atoms. The van der Waals surface area contributed by atoms with Crippen molar-refractivity contribution in [1.82, 2.24) is 24.9 Å². The number of nitrogens with one attached hydrogen (secondary N) is 1. The molecule has 18 heavy (non-hydrogen) atoms. The topological polar surface area (TPSA) is 36.3 Å². The van der Waals surface area contributed by atoms with Crippen LogP contribution in [0.4, 0.5) is 0 Å². The largest absolute Gasteiger partial charge is 0.308 e. The third kappa shape index (κ3) is 2.74. The summed E-state index contributed by atoms with van der Waals surface area (Å²) in [5.41, 5.74) is 1.27. The first-order chi connectivity index (χ1) is 8.63. The predicted octanol–water partition coefficient (Wildman–Crippen LogP) is 0.317. The van der Waals surface area contributed by atoms with Crippen molar-refractivity contribution < 1.29 is 0 Å². The van der Waals surface area contributed by atoms with Crippen LogP contribution < -0.4 is 5.32 Å². The molecular formula is C13H25N5. The van der Waals surface area contributed by atoms with Crippen molar-refractivity contribution in [3.05, 3.63) is 18.0 Å². The lowest BCUT2D eigenvalue weighted by molar-refractivity contribution is 0.0859. The zero-order valence-electron chi connectivity index (χ0n) is 11.9. The van der Waals surface area contributed by atoms with Gasteiger partial charge in [0.15, 0.2) is 0 Å². The van der Waals surface area contributed by atoms with Crippen molar-refractivity contribution >= 4 is 0 Å². The number of aromatic nitrogens is 2. The second kappa shape index (κ2) is 5.82. The minimum atomic E-state index is 0.343. The standard InChI is InChI=1S/C13H25N5/c1-5-14-13(11-6-7-15-18(11)4)12-10-16(2)8-9-17(12)3/h6-7,12-14H,5,8-10H2,1-4H3. The highest BCUT2D eigenvalue weighted by atomic mass is 15.3. The van der Waals surface area contributed by atoms with Gasteiger partial charge >= 0.3 is 0 Å². The van der Waals surface area contributed by atoms with Gasteiger partial charge in [-0.3, -0.25) is 9.58 Å². The van der Waals surface area contributed by atoms with E-state index in [-0.39, 0.29) is 0 Å². The molecule has 5 nitrogen and oxygen atoms in total. The molecule has 2 heterocycles. The highest BCUT2D eigenvalue weighted by molar-refractivity contribution is 5.11. The molecule has 0 amide bonds. The SMILES string of the molecule is CCNC(c1ccnn1C)C1CN(C)CCN1C. The van der Waals surface area contributed by atoms with E-state index < -0.39 is 0 Å². The van der Waals surface area contributed by atoms with Crippen LogP contribution in [0.5, 0.6) is 0 Å². The van der Waals surface area contributed by atoms with Gasteiger partial charge in [0.2, 0.25) is 0 Å². The molecule has 1 aliphatic rings. The lowest BCUT2D eigenvalue weighted by Crippen LogP contribution is -2.55. The summed E-state index contributed by atoms with van der Waals surface area (Å²) in [6.45, 7) is 6.51. The molecule has 0 aliphatic carbocycles. The average Bonchev–Trinajstić information content (AvgIpc) is 2.76. The fourth-order valence-electron chi connectivity index (χ4n) is 2.75. The minimum Gasteiger partial charge on any atom is -0.308 e. The molecule has 0 saturated carbocycles. The summed E-state index contributed by atoms with van der Waals surface area (Å²) in [4.78, 5) is 4.87. The second-order valence-corrected chi connectivity index (χ2v) is 5.23. The van der Waals surface area contributed by atoms with Gasteiger partial charge < -0.3 is 10.2 Å². The fraction of sp³-hybridized carbons (Fsp3) is 0.769. The molecule has 0 radical (unpaired) electrons. The van der Waals surface area contributed by atoms with Crippen molar-refractivity contribution in [3.8, 4) is 0 Å². The Morgan fingerprint density at radius 1 is 1.39 bits per heavy atom. The van der Waals surface area contributed by atoms with E-state index in [1.165, 1.54) is 5.69 Å². The van der Waals surface area contributed by atoms with Crippen molar-refractivity contribution in [2.45, 2.75) is 19.0 Å². The van der Waals surface area contributed by atoms with Crippen molar-refractivity contribution in [1.29, 1.82) is 0 Å². The summed E-state index contributed by atoms with van der Waals surface area (Å²) in [5, 5.41) is 7.92. The molecular weight excluding hydrogens is 226 g/mol. The molecule has 1 saturated heterocycles. The predicted molar refractivity (Wildman–Crippen MR) is 73.5 cm³/mol. The molecule has 1 N–H and O–H groups in total. The number of piperazine rings is 1. The maximum atomic E-state index is 4.30. The van der Waals surface area contributed by atoms with Gasteiger partial charge in [-0.05, 0) is 26.7 Å². The fourth-order valence-corrected chi connectivity index (χ4v) is 2.75. The third-order valence-corrected chi connectivity index (χ3v) is 3.89. The molecule has 0 aromatic carbocycles. The Bertz CT molecular complexity index is 375. The molecule has 1 fully saturated rings. The van der Waals surface area contributed by atoms with Crippen LogP contribution in [0.15, 0.2) is 12.3 Å². The van der Waals surface area contributed by atoms with Crippen molar-refractivity contribution in [2.24, 2.45) is 7.05 Å². The number of aryl methyl sites for hydroxylation is 1. The van der Waals surface area contributed by atoms with Crippen LogP contribution in [0, 0.1) is 0 Å². The summed E-state index contributed by atoms with van der Waals surface area (Å²) in [6, 6.07) is 2.96. The zero-order valence-corrected chi connectivity index (χ0v) is 11.9. The van der Waals surface area contributed by atoms with Gasteiger partial charge in [0.1, 0.15) is 0 Å². The first-order valence-corrected chi connectivity index (χ1v) is 6.73. The second-order valence-electron chi connectivity index (χ2n) is 5.23. The van der Waals surface area contributed by atoms with E-state index in [4.69, 9.17) is 0 Å². The Morgan fingerprint density at radius 3 is 2.78 bits per heavy atom. The lowest BCUT2D eigenvalue weighted by atomic mass is 10.0. The van der Waals surface area contributed by atoms with Gasteiger partial charge in [-0.1, -0.05) is 6.92 Å². The molecule has 102 valence electrons. The van der Waals surface area contributed by atoms with Crippen LogP contribution in [0.25, 0.3) is 0 Å². The number of hydrogen-bond donors (Lipinski definition) is 1. The lowest BCUT2D eigenvalue weighted by Gasteiger charge is -2.42. The van der Waals surface area contributed by atoms with E-state index in [9.17, 15) is 0 Å². The van der Waals surface area contributed by atoms with Crippen LogP contribution in [-0.4, -0.2) is 65.9 Å². The van der Waals surface area contributed by atoms with E-state index in [1.54, 1.807) is 0 Å². The van der Waals surface area contributed by atoms with Crippen LogP contribution >= 0.6 is 0 Å². The maximum Gasteiger partial charge on any atom is 0.0662 e. The van der Waals surface area contributed by atoms with Crippen molar-refractivity contribution in [3.63, 3.8) is 0 Å². The monoisotopic (exact) mass is 251 g/mol. The summed E-state index contributed by atoms with van der Waals surface area (Å²) in [7, 11) is 6.44. The molecule has 2 unspecified atom stereocenters. The van der Waals surface area contributed by atoms with Crippen LogP contribution in [0.3, 0.4) is 0 Å². The zero-order chi connectivity index (χ0) is 13.1. The molecule has 1 aromatic rings. The van der Waals surface area contributed by atoms with Gasteiger partial charge in [0.25, 0.3) is 0 Å². The highest BCUT2D eigenvalue weighted by Crippen LogP contribution is 2.22. The van der Waals surface area contributed by atoms with Gasteiger partial charge in [-0.25, -0.2) is 0 Å². The Hall–Kier alpha value is -0.910. The number of hydrogen-bond acceptors (Lipinski definition) is 4. The normalized spacial score (nSPS) is 24.3. The molecule has 0 bridgehead atoms. The van der Waals surface area contributed by atoms with Crippen LogP contribution in [0.1, 0.15) is 18.7 Å². The summed E-state index contributed by atoms with van der Waals surface area (Å²) < 4.78 is 1.98. The van der Waals surface area contributed by atoms with Crippen molar-refractivity contribution in [2.75, 3.05) is 40.3 Å². The molecule has 2 rings (SSSR count). The Labute approximate surface area is 110 Å². The number of nitrogens with zero attached hydrogens (tertiary/aromatic N) is 4. The summed E-state index contributed by atoms with van der Waals surface area (Å²) >= 11 is 0. The van der Waals surface area contributed by atoms with Gasteiger partial charge in [0, 0.05) is 38.9 Å². The smallest absolute Gasteiger partial charge is 0.0662 e. The van der Waals surface area contributed by atoms with Gasteiger partial charge in [-0.15, -0.1) is 0 Å². The van der Waals surface area contributed by atoms with E-state index in [0.717, 1.165) is 26.2 Å². The highest BCUT2D eigenvalue weighted by Gasteiger charge is 2.31. The summed E-state index contributed by atoms with van der Waals surface area (Å²) in [6.07, 6.45) is 1.88. The number of rotatable bonds is 4. The van der Waals surface area contributed by atoms with Crippen LogP contribution in [-0.2, 0) is 7.05 Å². The van der Waals surface area contributed by atoms with E-state index >= 15 is 0 Å². The van der Waals surface area contributed by atoms with Gasteiger partial charge in [0.05, 0.1) is 11.7 Å². The molecule has 5 heteroatoms. The van der Waals surface area contributed by atoms with Gasteiger partial charge in [-0.2, -0.15) is 5.10 Å². The Morgan fingerprint density at radius 2 is 2.17 bits per heavy atom. The minimum absolute atomic E-state index is 0.343. The van der Waals surface area contributed by atoms with E-state index in [1.807, 2.05) is 17.9 Å².